The normalized spacial score (nSPS) is 14.8. The van der Waals surface area contributed by atoms with E-state index in [1.807, 2.05) is 83.6 Å². The van der Waals surface area contributed by atoms with Crippen LogP contribution in [0.1, 0.15) is 51.6 Å². The molecule has 1 aromatic heterocycles. The third-order valence-corrected chi connectivity index (χ3v) is 7.29. The molecule has 0 spiro atoms. The maximum absolute atomic E-state index is 12.9. The molecule has 0 bridgehead atoms. The number of nitrogens with one attached hydrogen (secondary N) is 1. The average molecular weight is 490 g/mol. The molecule has 37 heavy (non-hydrogen) atoms. The third-order valence-electron chi connectivity index (χ3n) is 7.29. The number of rotatable bonds is 6. The van der Waals surface area contributed by atoms with Crippen LogP contribution in [0, 0.1) is 18.3 Å². The number of imidazole rings is 1. The molecule has 2 heterocycles. The summed E-state index contributed by atoms with van der Waals surface area (Å²) < 4.78 is 2.04. The van der Waals surface area contributed by atoms with E-state index in [0.717, 1.165) is 46.4 Å². The van der Waals surface area contributed by atoms with Crippen molar-refractivity contribution in [2.45, 2.75) is 31.8 Å². The topological polar surface area (TPSA) is 74.0 Å². The molecule has 1 saturated heterocycles. The molecule has 3 aromatic carbocycles. The Kier molecular flexibility index (Phi) is 7.16. The van der Waals surface area contributed by atoms with E-state index in [0.29, 0.717) is 18.7 Å². The Morgan fingerprint density at radius 2 is 1.76 bits per heavy atom. The van der Waals surface area contributed by atoms with E-state index in [1.54, 1.807) is 0 Å². The van der Waals surface area contributed by atoms with Gasteiger partial charge in [-0.1, -0.05) is 48.5 Å². The number of carbonyl (C=O) groups is 1. The van der Waals surface area contributed by atoms with Gasteiger partial charge in [0.2, 0.25) is 0 Å². The first kappa shape index (κ1) is 24.5. The Hall–Kier alpha value is -4.21. The van der Waals surface area contributed by atoms with Crippen LogP contribution in [0.3, 0.4) is 0 Å². The molecule has 0 radical (unpaired) electrons. The molecule has 1 aliphatic rings. The number of piperidine rings is 1. The van der Waals surface area contributed by atoms with Crippen LogP contribution in [-0.4, -0.2) is 39.5 Å². The Balaban J connectivity index is 1.40. The second-order valence-corrected chi connectivity index (χ2v) is 9.69. The van der Waals surface area contributed by atoms with Gasteiger partial charge in [0.05, 0.1) is 35.9 Å². The van der Waals surface area contributed by atoms with Gasteiger partial charge in [-0.15, -0.1) is 0 Å². The van der Waals surface area contributed by atoms with Crippen molar-refractivity contribution in [2.24, 2.45) is 7.05 Å². The van der Waals surface area contributed by atoms with Crippen molar-refractivity contribution in [3.05, 3.63) is 113 Å². The Bertz CT molecular complexity index is 1430. The van der Waals surface area contributed by atoms with Crippen molar-refractivity contribution in [2.75, 3.05) is 13.1 Å². The van der Waals surface area contributed by atoms with E-state index < -0.39 is 0 Å². The maximum Gasteiger partial charge on any atom is 0.253 e. The van der Waals surface area contributed by atoms with Gasteiger partial charge in [0, 0.05) is 37.3 Å². The number of likely N-dealkylation sites (tertiary alicyclic amines) is 1. The molecule has 1 fully saturated rings. The van der Waals surface area contributed by atoms with Crippen LogP contribution < -0.4 is 5.32 Å². The first-order valence-electron chi connectivity index (χ1n) is 12.7. The highest BCUT2D eigenvalue weighted by molar-refractivity contribution is 5.94. The molecule has 1 N–H and O–H groups in total. The fourth-order valence-corrected chi connectivity index (χ4v) is 5.18. The van der Waals surface area contributed by atoms with E-state index in [1.165, 1.54) is 0 Å². The second kappa shape index (κ2) is 10.8. The van der Waals surface area contributed by atoms with Gasteiger partial charge in [-0.2, -0.15) is 5.26 Å². The molecule has 1 atom stereocenters. The van der Waals surface area contributed by atoms with Crippen LogP contribution in [0.2, 0.25) is 0 Å². The zero-order chi connectivity index (χ0) is 25.8. The Labute approximate surface area is 218 Å². The highest BCUT2D eigenvalue weighted by Crippen LogP contribution is 2.32. The molecule has 1 amide bonds. The van der Waals surface area contributed by atoms with Crippen LogP contribution in [0.25, 0.3) is 11.1 Å². The predicted octanol–water partition coefficient (Wildman–Crippen LogP) is 5.25. The van der Waals surface area contributed by atoms with Gasteiger partial charge in [-0.05, 0) is 60.7 Å². The van der Waals surface area contributed by atoms with Gasteiger partial charge < -0.3 is 14.8 Å². The Morgan fingerprint density at radius 1 is 1.03 bits per heavy atom. The van der Waals surface area contributed by atoms with Gasteiger partial charge in [0.25, 0.3) is 5.91 Å². The first-order valence-corrected chi connectivity index (χ1v) is 12.7. The largest absolute Gasteiger partial charge is 0.339 e. The molecule has 4 aromatic rings. The van der Waals surface area contributed by atoms with E-state index in [4.69, 9.17) is 0 Å². The second-order valence-electron chi connectivity index (χ2n) is 9.69. The summed E-state index contributed by atoms with van der Waals surface area (Å²) in [7, 11) is 2.00. The van der Waals surface area contributed by atoms with Gasteiger partial charge in [-0.3, -0.25) is 4.79 Å². The van der Waals surface area contributed by atoms with Crippen LogP contribution in [0.5, 0.6) is 0 Å². The van der Waals surface area contributed by atoms with Crippen LogP contribution >= 0.6 is 0 Å². The minimum atomic E-state index is -0.0932. The van der Waals surface area contributed by atoms with Crippen LogP contribution in [0.15, 0.2) is 85.3 Å². The van der Waals surface area contributed by atoms with Crippen molar-refractivity contribution in [1.82, 2.24) is 19.8 Å². The minimum Gasteiger partial charge on any atom is -0.339 e. The van der Waals surface area contributed by atoms with Crippen LogP contribution in [0.4, 0.5) is 0 Å². The van der Waals surface area contributed by atoms with Crippen molar-refractivity contribution < 1.29 is 4.79 Å². The average Bonchev–Trinajstić information content (AvgIpc) is 3.37. The standard InChI is InChI=1S/C31H31N5O/c1-22-8-6-7-11-27(22)28-18-24(12-13-25(28)19-32)30(29-20-33-21-35(29)2)34-26-14-16-36(17-15-26)31(37)23-9-4-3-5-10-23/h3-13,18,20-21,26,30,34H,14-17H2,1-2H3. The minimum absolute atomic E-state index is 0.0932. The smallest absolute Gasteiger partial charge is 0.253 e. The van der Waals surface area contributed by atoms with E-state index in [9.17, 15) is 10.1 Å². The van der Waals surface area contributed by atoms with Gasteiger partial charge in [-0.25, -0.2) is 4.98 Å². The molecule has 0 aliphatic carbocycles. The summed E-state index contributed by atoms with van der Waals surface area (Å²) in [5, 5.41) is 13.7. The van der Waals surface area contributed by atoms with Crippen molar-refractivity contribution >= 4 is 5.91 Å². The quantitative estimate of drug-likeness (QED) is 0.401. The van der Waals surface area contributed by atoms with E-state index in [2.05, 4.69) is 41.5 Å². The van der Waals surface area contributed by atoms with Gasteiger partial charge in [0.15, 0.2) is 0 Å². The molecular weight excluding hydrogens is 458 g/mol. The number of benzene rings is 3. The summed E-state index contributed by atoms with van der Waals surface area (Å²) in [5.74, 6) is 0.0946. The maximum atomic E-state index is 12.9. The Morgan fingerprint density at radius 3 is 2.43 bits per heavy atom. The summed E-state index contributed by atoms with van der Waals surface area (Å²) in [5.41, 5.74) is 6.69. The zero-order valence-corrected chi connectivity index (χ0v) is 21.3. The lowest BCUT2D eigenvalue weighted by atomic mass is 9.91. The number of amides is 1. The van der Waals surface area contributed by atoms with Crippen LogP contribution in [-0.2, 0) is 7.05 Å². The fourth-order valence-electron chi connectivity index (χ4n) is 5.18. The van der Waals surface area contributed by atoms with Crippen molar-refractivity contribution in [1.29, 1.82) is 5.26 Å². The zero-order valence-electron chi connectivity index (χ0n) is 21.3. The summed E-state index contributed by atoms with van der Waals surface area (Å²) in [6.45, 7) is 3.50. The third kappa shape index (κ3) is 5.18. The van der Waals surface area contributed by atoms with Gasteiger partial charge in [0.1, 0.15) is 0 Å². The summed E-state index contributed by atoms with van der Waals surface area (Å²) in [6.07, 6.45) is 5.45. The number of nitrogens with zero attached hydrogens (tertiary/aromatic N) is 4. The number of aryl methyl sites for hydroxylation is 2. The summed E-state index contributed by atoms with van der Waals surface area (Å²) in [6, 6.07) is 26.3. The first-order chi connectivity index (χ1) is 18.0. The lowest BCUT2D eigenvalue weighted by Gasteiger charge is -2.35. The fraction of sp³-hybridized carbons (Fsp3) is 0.258. The van der Waals surface area contributed by atoms with E-state index in [-0.39, 0.29) is 18.0 Å². The summed E-state index contributed by atoms with van der Waals surface area (Å²) in [4.78, 5) is 19.2. The highest BCUT2D eigenvalue weighted by atomic mass is 16.2. The highest BCUT2D eigenvalue weighted by Gasteiger charge is 2.27. The molecular formula is C31H31N5O. The molecule has 1 unspecified atom stereocenters. The van der Waals surface area contributed by atoms with Crippen molar-refractivity contribution in [3.8, 4) is 17.2 Å². The number of hydrogen-bond acceptors (Lipinski definition) is 4. The molecule has 5 rings (SSSR count). The number of carbonyl (C=O) groups excluding carboxylic acids is 1. The van der Waals surface area contributed by atoms with Crippen molar-refractivity contribution in [3.63, 3.8) is 0 Å². The van der Waals surface area contributed by atoms with Gasteiger partial charge >= 0.3 is 0 Å². The predicted molar refractivity (Wildman–Crippen MR) is 145 cm³/mol. The number of hydrogen-bond donors (Lipinski definition) is 1. The van der Waals surface area contributed by atoms with E-state index >= 15 is 0 Å². The number of nitriles is 1. The lowest BCUT2D eigenvalue weighted by Crippen LogP contribution is -2.46. The number of aromatic nitrogens is 2. The lowest BCUT2D eigenvalue weighted by molar-refractivity contribution is 0.0702. The molecule has 6 heteroatoms. The SMILES string of the molecule is Cc1ccccc1-c1cc(C(NC2CCN(C(=O)c3ccccc3)CC2)c2cncn2C)ccc1C#N. The molecule has 0 saturated carbocycles. The monoisotopic (exact) mass is 489 g/mol. The molecule has 1 aliphatic heterocycles. The summed E-state index contributed by atoms with van der Waals surface area (Å²) >= 11 is 0. The molecule has 6 nitrogen and oxygen atoms in total. The molecule has 186 valence electrons.